The lowest BCUT2D eigenvalue weighted by molar-refractivity contribution is -0.120. The van der Waals surface area contributed by atoms with E-state index < -0.39 is 0 Å². The summed E-state index contributed by atoms with van der Waals surface area (Å²) in [6.45, 7) is 5.36. The van der Waals surface area contributed by atoms with Crippen LogP contribution in [-0.2, 0) is 4.79 Å². The van der Waals surface area contributed by atoms with Crippen molar-refractivity contribution in [3.63, 3.8) is 0 Å². The molecular formula is C14H28N4O. The third-order valence-electron chi connectivity index (χ3n) is 3.57. The molecule has 0 saturated heterocycles. The fraction of sp³-hybridized carbons (Fsp3) is 0.857. The molecule has 1 saturated carbocycles. The first-order valence-corrected chi connectivity index (χ1v) is 7.39. The zero-order valence-corrected chi connectivity index (χ0v) is 12.5. The first-order chi connectivity index (χ1) is 9.15. The summed E-state index contributed by atoms with van der Waals surface area (Å²) in [5, 5.41) is 9.30. The van der Waals surface area contributed by atoms with Gasteiger partial charge >= 0.3 is 0 Å². The summed E-state index contributed by atoms with van der Waals surface area (Å²) in [5.74, 6) is 1.58. The lowest BCUT2D eigenvalue weighted by atomic mass is 9.87. The maximum Gasteiger partial charge on any atom is 0.239 e. The van der Waals surface area contributed by atoms with Crippen LogP contribution in [0.2, 0.25) is 0 Å². The third kappa shape index (κ3) is 6.45. The number of nitrogens with zero attached hydrogens (tertiary/aromatic N) is 1. The quantitative estimate of drug-likeness (QED) is 0.519. The topological polar surface area (TPSA) is 65.5 Å². The number of hydrogen-bond acceptors (Lipinski definition) is 2. The highest BCUT2D eigenvalue weighted by atomic mass is 16.1. The highest BCUT2D eigenvalue weighted by Crippen LogP contribution is 2.23. The second-order valence-corrected chi connectivity index (χ2v) is 5.38. The normalized spacial score (nSPS) is 23.8. The maximum absolute atomic E-state index is 11.5. The predicted octanol–water partition coefficient (Wildman–Crippen LogP) is 1.26. The van der Waals surface area contributed by atoms with Gasteiger partial charge in [0.25, 0.3) is 0 Å². The molecule has 0 radical (unpaired) electrons. The van der Waals surface area contributed by atoms with Crippen molar-refractivity contribution in [3.8, 4) is 0 Å². The summed E-state index contributed by atoms with van der Waals surface area (Å²) in [7, 11) is 1.74. The molecule has 1 aliphatic rings. The minimum absolute atomic E-state index is 0.0158. The van der Waals surface area contributed by atoms with Crippen molar-refractivity contribution >= 4 is 11.9 Å². The number of guanidine groups is 1. The minimum Gasteiger partial charge on any atom is -0.355 e. The van der Waals surface area contributed by atoms with Gasteiger partial charge in [-0.2, -0.15) is 0 Å². The molecular weight excluding hydrogens is 240 g/mol. The van der Waals surface area contributed by atoms with E-state index in [1.54, 1.807) is 7.05 Å². The Hall–Kier alpha value is -1.26. The van der Waals surface area contributed by atoms with E-state index in [4.69, 9.17) is 0 Å². The second kappa shape index (κ2) is 8.77. The maximum atomic E-state index is 11.5. The van der Waals surface area contributed by atoms with Crippen LogP contribution in [-0.4, -0.2) is 38.0 Å². The summed E-state index contributed by atoms with van der Waals surface area (Å²) in [6, 6.07) is 0.487. The van der Waals surface area contributed by atoms with E-state index in [-0.39, 0.29) is 12.5 Å². The largest absolute Gasteiger partial charge is 0.355 e. The number of carbonyl (C=O) groups excluding carboxylic acids is 1. The lowest BCUT2D eigenvalue weighted by Gasteiger charge is -2.28. The molecule has 5 heteroatoms. The summed E-state index contributed by atoms with van der Waals surface area (Å²) < 4.78 is 0. The van der Waals surface area contributed by atoms with E-state index in [1.165, 1.54) is 25.7 Å². The van der Waals surface area contributed by atoms with E-state index in [1.807, 2.05) is 6.92 Å². The average molecular weight is 268 g/mol. The summed E-state index contributed by atoms with van der Waals surface area (Å²) in [5.41, 5.74) is 0. The van der Waals surface area contributed by atoms with Crippen molar-refractivity contribution in [3.05, 3.63) is 0 Å². The van der Waals surface area contributed by atoms with E-state index in [2.05, 4.69) is 27.9 Å². The Balaban J connectivity index is 2.24. The van der Waals surface area contributed by atoms with Crippen LogP contribution in [0.4, 0.5) is 0 Å². The molecule has 0 spiro atoms. The molecule has 19 heavy (non-hydrogen) atoms. The summed E-state index contributed by atoms with van der Waals surface area (Å²) >= 11 is 0. The van der Waals surface area contributed by atoms with Crippen LogP contribution in [0.1, 0.15) is 46.0 Å². The van der Waals surface area contributed by atoms with Crippen LogP contribution in [0.5, 0.6) is 0 Å². The van der Waals surface area contributed by atoms with Gasteiger partial charge in [0.15, 0.2) is 5.96 Å². The molecule has 0 bridgehead atoms. The van der Waals surface area contributed by atoms with Gasteiger partial charge in [0.2, 0.25) is 5.91 Å². The number of amides is 1. The first-order valence-electron chi connectivity index (χ1n) is 7.39. The Morgan fingerprint density at radius 2 is 1.89 bits per heavy atom. The number of hydrogen-bond donors (Lipinski definition) is 3. The molecule has 0 aromatic rings. The molecule has 1 fully saturated rings. The van der Waals surface area contributed by atoms with Crippen molar-refractivity contribution in [2.75, 3.05) is 20.1 Å². The van der Waals surface area contributed by atoms with Crippen LogP contribution in [0.25, 0.3) is 0 Å². The van der Waals surface area contributed by atoms with Gasteiger partial charge in [-0.1, -0.05) is 13.8 Å². The number of aliphatic imine (C=N–C) groups is 1. The molecule has 1 amide bonds. The number of rotatable bonds is 5. The molecule has 5 nitrogen and oxygen atoms in total. The van der Waals surface area contributed by atoms with Crippen molar-refractivity contribution < 1.29 is 4.79 Å². The van der Waals surface area contributed by atoms with Crippen molar-refractivity contribution in [2.45, 2.75) is 52.0 Å². The highest BCUT2D eigenvalue weighted by molar-refractivity contribution is 5.86. The van der Waals surface area contributed by atoms with Gasteiger partial charge in [-0.3, -0.25) is 9.79 Å². The zero-order valence-electron chi connectivity index (χ0n) is 12.5. The molecule has 0 unspecified atom stereocenters. The van der Waals surface area contributed by atoms with Gasteiger partial charge < -0.3 is 16.0 Å². The molecule has 0 aliphatic heterocycles. The Morgan fingerprint density at radius 3 is 2.47 bits per heavy atom. The van der Waals surface area contributed by atoms with E-state index >= 15 is 0 Å². The summed E-state index contributed by atoms with van der Waals surface area (Å²) in [4.78, 5) is 15.7. The van der Waals surface area contributed by atoms with Gasteiger partial charge in [0.05, 0.1) is 6.54 Å². The van der Waals surface area contributed by atoms with Gasteiger partial charge in [0.1, 0.15) is 0 Å². The van der Waals surface area contributed by atoms with E-state index in [9.17, 15) is 4.79 Å². The Morgan fingerprint density at radius 1 is 1.21 bits per heavy atom. The van der Waals surface area contributed by atoms with Gasteiger partial charge in [-0.15, -0.1) is 0 Å². The highest BCUT2D eigenvalue weighted by Gasteiger charge is 2.18. The minimum atomic E-state index is 0.0158. The van der Waals surface area contributed by atoms with Gasteiger partial charge in [-0.05, 0) is 38.0 Å². The van der Waals surface area contributed by atoms with Gasteiger partial charge in [0, 0.05) is 19.6 Å². The second-order valence-electron chi connectivity index (χ2n) is 5.38. The molecule has 110 valence electrons. The SMILES string of the molecule is CCCNC(=O)CNC(=NC)NC1CCC(C)CC1. The van der Waals surface area contributed by atoms with Crippen molar-refractivity contribution in [1.29, 1.82) is 0 Å². The van der Waals surface area contributed by atoms with E-state index in [0.29, 0.717) is 6.04 Å². The van der Waals surface area contributed by atoms with Crippen molar-refractivity contribution in [2.24, 2.45) is 10.9 Å². The Bertz CT molecular complexity index is 296. The smallest absolute Gasteiger partial charge is 0.239 e. The fourth-order valence-electron chi connectivity index (χ4n) is 2.28. The Labute approximate surface area is 116 Å². The fourth-order valence-corrected chi connectivity index (χ4v) is 2.28. The molecule has 0 atom stereocenters. The number of nitrogens with one attached hydrogen (secondary N) is 3. The molecule has 0 aromatic heterocycles. The molecule has 3 N–H and O–H groups in total. The molecule has 0 aromatic carbocycles. The van der Waals surface area contributed by atoms with Crippen LogP contribution < -0.4 is 16.0 Å². The van der Waals surface area contributed by atoms with Crippen LogP contribution in [0, 0.1) is 5.92 Å². The molecule has 1 rings (SSSR count). The summed E-state index contributed by atoms with van der Waals surface area (Å²) in [6.07, 6.45) is 5.87. The third-order valence-corrected chi connectivity index (χ3v) is 3.57. The zero-order chi connectivity index (χ0) is 14.1. The van der Waals surface area contributed by atoms with Crippen LogP contribution in [0.15, 0.2) is 4.99 Å². The monoisotopic (exact) mass is 268 g/mol. The van der Waals surface area contributed by atoms with Crippen molar-refractivity contribution in [1.82, 2.24) is 16.0 Å². The average Bonchev–Trinajstić information content (AvgIpc) is 2.43. The predicted molar refractivity (Wildman–Crippen MR) is 79.2 cm³/mol. The van der Waals surface area contributed by atoms with Crippen LogP contribution >= 0.6 is 0 Å². The standard InChI is InChI=1S/C14H28N4O/c1-4-9-16-13(19)10-17-14(15-3)18-12-7-5-11(2)6-8-12/h11-12H,4-10H2,1-3H3,(H,16,19)(H2,15,17,18). The number of carbonyl (C=O) groups is 1. The van der Waals surface area contributed by atoms with Crippen LogP contribution in [0.3, 0.4) is 0 Å². The molecule has 0 heterocycles. The van der Waals surface area contributed by atoms with E-state index in [0.717, 1.165) is 24.8 Å². The molecule has 1 aliphatic carbocycles. The first kappa shape index (κ1) is 15.8. The van der Waals surface area contributed by atoms with Gasteiger partial charge in [-0.25, -0.2) is 0 Å². The Kier molecular flexibility index (Phi) is 7.30. The lowest BCUT2D eigenvalue weighted by Crippen LogP contribution is -2.47.